The fourth-order valence-corrected chi connectivity index (χ4v) is 3.36. The van der Waals surface area contributed by atoms with Gasteiger partial charge in [0.25, 0.3) is 0 Å². The van der Waals surface area contributed by atoms with E-state index >= 15 is 0 Å². The van der Waals surface area contributed by atoms with E-state index in [-0.39, 0.29) is 12.0 Å². The van der Waals surface area contributed by atoms with Crippen molar-refractivity contribution >= 4 is 5.97 Å². The summed E-state index contributed by atoms with van der Waals surface area (Å²) in [6.45, 7) is 2.67. The third-order valence-corrected chi connectivity index (χ3v) is 4.90. The minimum Gasteiger partial charge on any atom is -0.453 e. The molecule has 11 heteroatoms. The summed E-state index contributed by atoms with van der Waals surface area (Å²) in [6.07, 6.45) is -11.3. The van der Waals surface area contributed by atoms with E-state index in [0.29, 0.717) is 5.57 Å². The Morgan fingerprint density at radius 3 is 2.43 bits per heavy atom. The molecule has 168 valence electrons. The fraction of sp³-hybridized carbons (Fsp3) is 0.684. The second-order valence-electron chi connectivity index (χ2n) is 7.47. The number of allylic oxidation sites excluding steroid dienone is 2. The van der Waals surface area contributed by atoms with Gasteiger partial charge in [-0.3, -0.25) is 0 Å². The van der Waals surface area contributed by atoms with Crippen LogP contribution >= 0.6 is 0 Å². The van der Waals surface area contributed by atoms with Crippen molar-refractivity contribution in [2.45, 2.75) is 75.4 Å². The van der Waals surface area contributed by atoms with Gasteiger partial charge in [0.2, 0.25) is 0 Å². The van der Waals surface area contributed by atoms with E-state index < -0.39 is 67.7 Å². The molecule has 1 aliphatic heterocycles. The van der Waals surface area contributed by atoms with Gasteiger partial charge >= 0.3 is 5.97 Å². The smallest absolute Gasteiger partial charge is 0.331 e. The van der Waals surface area contributed by atoms with Gasteiger partial charge in [-0.25, -0.2) is 4.79 Å². The Morgan fingerprint density at radius 2 is 1.87 bits per heavy atom. The largest absolute Gasteiger partial charge is 0.453 e. The topological polar surface area (TPSA) is 190 Å². The van der Waals surface area contributed by atoms with Crippen molar-refractivity contribution < 1.29 is 49.6 Å². The molecule has 0 radical (unpaired) electrons. The molecule has 1 heterocycles. The normalized spacial score (nSPS) is 40.5. The zero-order valence-corrected chi connectivity index (χ0v) is 16.5. The predicted octanol–water partition coefficient (Wildman–Crippen LogP) is -2.38. The Bertz CT molecular complexity index is 711. The van der Waals surface area contributed by atoms with E-state index in [4.69, 9.17) is 19.5 Å². The minimum atomic E-state index is -1.70. The first-order valence-corrected chi connectivity index (χ1v) is 9.37. The number of rotatable bonds is 5. The average molecular weight is 429 g/mol. The Kier molecular flexibility index (Phi) is 8.48. The van der Waals surface area contributed by atoms with Gasteiger partial charge in [-0.1, -0.05) is 5.57 Å². The molecule has 0 aromatic rings. The van der Waals surface area contributed by atoms with Gasteiger partial charge in [-0.05, 0) is 13.8 Å². The third kappa shape index (κ3) is 5.42. The molecule has 0 aromatic heterocycles. The van der Waals surface area contributed by atoms with E-state index in [9.17, 15) is 35.4 Å². The van der Waals surface area contributed by atoms with Crippen LogP contribution in [0.2, 0.25) is 0 Å². The summed E-state index contributed by atoms with van der Waals surface area (Å²) in [6, 6.07) is 1.73. The molecule has 1 aliphatic carbocycles. The lowest BCUT2D eigenvalue weighted by atomic mass is 9.84. The molecule has 1 saturated heterocycles. The lowest BCUT2D eigenvalue weighted by Crippen LogP contribution is -2.60. The summed E-state index contributed by atoms with van der Waals surface area (Å²) in [5.41, 5.74) is 0.617. The van der Waals surface area contributed by atoms with Crippen molar-refractivity contribution in [3.63, 3.8) is 0 Å². The molecule has 2 aliphatic rings. The molecule has 0 bridgehead atoms. The molecule has 1 saturated carbocycles. The van der Waals surface area contributed by atoms with Gasteiger partial charge in [0.05, 0.1) is 24.9 Å². The van der Waals surface area contributed by atoms with Gasteiger partial charge in [0, 0.05) is 24.1 Å². The molecule has 11 nitrogen and oxygen atoms in total. The number of hydrogen-bond acceptors (Lipinski definition) is 11. The van der Waals surface area contributed by atoms with E-state index in [2.05, 4.69) is 0 Å². The molecule has 2 rings (SSSR count). The van der Waals surface area contributed by atoms with Crippen LogP contribution in [-0.2, 0) is 19.0 Å². The number of nitriles is 1. The quantitative estimate of drug-likeness (QED) is 0.155. The van der Waals surface area contributed by atoms with Crippen LogP contribution in [0.15, 0.2) is 23.3 Å². The first-order valence-electron chi connectivity index (χ1n) is 9.37. The van der Waals surface area contributed by atoms with Crippen LogP contribution in [0.1, 0.15) is 20.3 Å². The number of nitrogens with zero attached hydrogens (tertiary/aromatic N) is 1. The summed E-state index contributed by atoms with van der Waals surface area (Å²) in [5, 5.41) is 69.2. The molecule has 30 heavy (non-hydrogen) atoms. The number of aliphatic hydroxyl groups is 6. The van der Waals surface area contributed by atoms with Crippen LogP contribution in [0.3, 0.4) is 0 Å². The van der Waals surface area contributed by atoms with Crippen molar-refractivity contribution in [3.05, 3.63) is 23.3 Å². The van der Waals surface area contributed by atoms with Crippen molar-refractivity contribution in [2.75, 3.05) is 6.61 Å². The van der Waals surface area contributed by atoms with E-state index in [0.717, 1.165) is 6.08 Å². The molecule has 9 unspecified atom stereocenters. The second-order valence-corrected chi connectivity index (χ2v) is 7.47. The number of carbonyl (C=O) groups is 1. The summed E-state index contributed by atoms with van der Waals surface area (Å²) < 4.78 is 16.0. The van der Waals surface area contributed by atoms with Gasteiger partial charge in [0.1, 0.15) is 30.5 Å². The second kappa shape index (κ2) is 10.4. The monoisotopic (exact) mass is 429 g/mol. The highest BCUT2D eigenvalue weighted by atomic mass is 16.7. The van der Waals surface area contributed by atoms with Gasteiger partial charge in [-0.2, -0.15) is 5.26 Å². The Labute approximate surface area is 173 Å². The van der Waals surface area contributed by atoms with E-state index in [1.165, 1.54) is 6.08 Å². The molecule has 2 fully saturated rings. The van der Waals surface area contributed by atoms with Crippen LogP contribution in [0.25, 0.3) is 0 Å². The number of carbonyl (C=O) groups excluding carboxylic acids is 1. The van der Waals surface area contributed by atoms with Crippen LogP contribution in [0.4, 0.5) is 0 Å². The predicted molar refractivity (Wildman–Crippen MR) is 98.3 cm³/mol. The van der Waals surface area contributed by atoms with Crippen LogP contribution in [-0.4, -0.2) is 98.3 Å². The number of ether oxygens (including phenoxy) is 3. The van der Waals surface area contributed by atoms with E-state index in [1.54, 1.807) is 19.9 Å². The Hall–Kier alpha value is -1.88. The summed E-state index contributed by atoms with van der Waals surface area (Å²) in [7, 11) is 0. The fourth-order valence-electron chi connectivity index (χ4n) is 3.36. The third-order valence-electron chi connectivity index (χ3n) is 4.90. The Balaban J connectivity index is 2.19. The molecule has 6 N–H and O–H groups in total. The lowest BCUT2D eigenvalue weighted by Gasteiger charge is -2.43. The summed E-state index contributed by atoms with van der Waals surface area (Å²) >= 11 is 0. The maximum absolute atomic E-state index is 11.9. The maximum Gasteiger partial charge on any atom is 0.331 e. The van der Waals surface area contributed by atoms with Crippen molar-refractivity contribution in [1.29, 1.82) is 5.26 Å². The first kappa shape index (κ1) is 24.4. The standard InChI is InChI=1S/C19H27NO10/c1-8(2)5-13(23)30-18-10(22)6-11(9(3-4-20)14(18)24)28-19-17(27)16(26)15(25)12(7-21)29-19/h3,5,10-12,14-19,21-22,24-27H,6-7H2,1-2H3. The zero-order chi connectivity index (χ0) is 22.6. The van der Waals surface area contributed by atoms with Crippen molar-refractivity contribution in [1.82, 2.24) is 0 Å². The number of hydrogen-bond donors (Lipinski definition) is 6. The van der Waals surface area contributed by atoms with E-state index in [1.807, 2.05) is 0 Å². The molecule has 0 amide bonds. The van der Waals surface area contributed by atoms with Gasteiger partial charge < -0.3 is 44.8 Å². The molecule has 0 aromatic carbocycles. The van der Waals surface area contributed by atoms with Crippen LogP contribution in [0.5, 0.6) is 0 Å². The number of aliphatic hydroxyl groups excluding tert-OH is 6. The van der Waals surface area contributed by atoms with Gasteiger partial charge in [-0.15, -0.1) is 0 Å². The highest BCUT2D eigenvalue weighted by Crippen LogP contribution is 2.33. The SMILES string of the molecule is CC(C)=CC(=O)OC1C(O)CC(OC2OC(CO)C(O)C(O)C2O)C(=CC#N)C1O. The highest BCUT2D eigenvalue weighted by molar-refractivity contribution is 5.82. The molecular weight excluding hydrogens is 402 g/mol. The van der Waals surface area contributed by atoms with Crippen LogP contribution in [0, 0.1) is 11.3 Å². The summed E-state index contributed by atoms with van der Waals surface area (Å²) in [5.74, 6) is -0.775. The van der Waals surface area contributed by atoms with Gasteiger partial charge in [0.15, 0.2) is 12.4 Å². The minimum absolute atomic E-state index is 0.0326. The maximum atomic E-state index is 11.9. The summed E-state index contributed by atoms with van der Waals surface area (Å²) in [4.78, 5) is 11.9. The number of esters is 1. The first-order chi connectivity index (χ1) is 14.1. The van der Waals surface area contributed by atoms with Crippen LogP contribution < -0.4 is 0 Å². The Morgan fingerprint density at radius 1 is 1.20 bits per heavy atom. The average Bonchev–Trinajstić information content (AvgIpc) is 2.67. The van der Waals surface area contributed by atoms with Crippen molar-refractivity contribution in [3.8, 4) is 6.07 Å². The van der Waals surface area contributed by atoms with Crippen molar-refractivity contribution in [2.24, 2.45) is 0 Å². The molecular formula is C19H27NO10. The zero-order valence-electron chi connectivity index (χ0n) is 16.5. The highest BCUT2D eigenvalue weighted by Gasteiger charge is 2.48. The lowest BCUT2D eigenvalue weighted by molar-refractivity contribution is -0.312. The molecule has 0 spiro atoms. The molecule has 9 atom stereocenters.